The van der Waals surface area contributed by atoms with Crippen molar-refractivity contribution in [3.63, 3.8) is 0 Å². The molecule has 0 unspecified atom stereocenters. The summed E-state index contributed by atoms with van der Waals surface area (Å²) >= 11 is 0. The lowest BCUT2D eigenvalue weighted by Crippen LogP contribution is -2.46. The van der Waals surface area contributed by atoms with Gasteiger partial charge in [0.2, 0.25) is 5.95 Å². The van der Waals surface area contributed by atoms with Crippen LogP contribution >= 0.6 is 0 Å². The average Bonchev–Trinajstić information content (AvgIpc) is 3.42. The van der Waals surface area contributed by atoms with Gasteiger partial charge in [0.15, 0.2) is 0 Å². The summed E-state index contributed by atoms with van der Waals surface area (Å²) in [5, 5.41) is 12.9. The topological polar surface area (TPSA) is 103 Å². The zero-order valence-electron chi connectivity index (χ0n) is 21.2. The predicted molar refractivity (Wildman–Crippen MR) is 139 cm³/mol. The van der Waals surface area contributed by atoms with Crippen LogP contribution in [-0.4, -0.2) is 68.8 Å². The lowest BCUT2D eigenvalue weighted by atomic mass is 9.96. The molecule has 37 heavy (non-hydrogen) atoms. The van der Waals surface area contributed by atoms with Gasteiger partial charge in [0, 0.05) is 31.4 Å². The Morgan fingerprint density at radius 3 is 2.70 bits per heavy atom. The van der Waals surface area contributed by atoms with E-state index in [0.717, 1.165) is 16.5 Å². The van der Waals surface area contributed by atoms with Crippen LogP contribution in [0.1, 0.15) is 31.7 Å². The third kappa shape index (κ3) is 5.61. The monoisotopic (exact) mass is 506 g/mol. The van der Waals surface area contributed by atoms with Crippen molar-refractivity contribution < 1.29 is 13.9 Å². The standard InChI is InChI=1S/C26H31FN8O2/c1-17(2)18-4-5-22(37-11-10-34-15-30-31-16-34)20-13-29-25(12-19(18)20)32-24-6-8-28-26(33-24)35-9-7-23(36-3)21(27)14-35/h4-6,8,12-13,15-17,21,23H,7,9-11,14H2,1-3H3,(H,28,29,32,33)/t21-,23+/m1/s1. The van der Waals surface area contributed by atoms with E-state index in [1.54, 1.807) is 32.0 Å². The fourth-order valence-electron chi connectivity index (χ4n) is 4.56. The Hall–Kier alpha value is -3.86. The number of nitrogens with zero attached hydrogens (tertiary/aromatic N) is 7. The van der Waals surface area contributed by atoms with E-state index in [0.29, 0.717) is 49.6 Å². The van der Waals surface area contributed by atoms with Crippen LogP contribution in [0.4, 0.5) is 22.0 Å². The van der Waals surface area contributed by atoms with Gasteiger partial charge >= 0.3 is 0 Å². The Balaban J connectivity index is 1.35. The number of halogens is 1. The Kier molecular flexibility index (Phi) is 7.40. The molecule has 5 rings (SSSR count). The molecule has 0 radical (unpaired) electrons. The summed E-state index contributed by atoms with van der Waals surface area (Å²) in [6.45, 7) is 6.30. The number of benzene rings is 1. The smallest absolute Gasteiger partial charge is 0.227 e. The van der Waals surface area contributed by atoms with E-state index in [9.17, 15) is 4.39 Å². The highest BCUT2D eigenvalue weighted by molar-refractivity contribution is 5.92. The molecule has 1 aliphatic heterocycles. The number of nitrogens with one attached hydrogen (secondary N) is 1. The van der Waals surface area contributed by atoms with E-state index in [2.05, 4.69) is 50.4 Å². The van der Waals surface area contributed by atoms with Crippen molar-refractivity contribution in [3.8, 4) is 5.75 Å². The fraction of sp³-hybridized carbons (Fsp3) is 0.423. The van der Waals surface area contributed by atoms with Crippen molar-refractivity contribution in [2.24, 2.45) is 0 Å². The van der Waals surface area contributed by atoms with Crippen molar-refractivity contribution in [1.29, 1.82) is 0 Å². The number of pyridine rings is 1. The van der Waals surface area contributed by atoms with E-state index < -0.39 is 6.17 Å². The maximum absolute atomic E-state index is 14.4. The molecule has 0 spiro atoms. The molecular weight excluding hydrogens is 475 g/mol. The number of hydrogen-bond donors (Lipinski definition) is 1. The molecule has 1 saturated heterocycles. The molecule has 1 N–H and O–H groups in total. The highest BCUT2D eigenvalue weighted by Gasteiger charge is 2.30. The Morgan fingerprint density at radius 1 is 1.11 bits per heavy atom. The molecule has 194 valence electrons. The van der Waals surface area contributed by atoms with E-state index in [1.165, 1.54) is 5.56 Å². The van der Waals surface area contributed by atoms with Gasteiger partial charge in [0.05, 0.1) is 19.2 Å². The molecule has 11 heteroatoms. The maximum Gasteiger partial charge on any atom is 0.227 e. The van der Waals surface area contributed by atoms with Crippen molar-refractivity contribution in [2.75, 3.05) is 37.0 Å². The fourth-order valence-corrected chi connectivity index (χ4v) is 4.56. The Bertz CT molecular complexity index is 1330. The number of anilines is 3. The summed E-state index contributed by atoms with van der Waals surface area (Å²) < 4.78 is 27.6. The number of hydrogen-bond acceptors (Lipinski definition) is 9. The Morgan fingerprint density at radius 2 is 1.95 bits per heavy atom. The summed E-state index contributed by atoms with van der Waals surface area (Å²) in [5.74, 6) is 2.82. The molecule has 0 amide bonds. The third-order valence-corrected chi connectivity index (χ3v) is 6.56. The van der Waals surface area contributed by atoms with Gasteiger partial charge in [0.25, 0.3) is 0 Å². The highest BCUT2D eigenvalue weighted by Crippen LogP contribution is 2.34. The summed E-state index contributed by atoms with van der Waals surface area (Å²) in [6, 6.07) is 7.89. The molecule has 10 nitrogen and oxygen atoms in total. The summed E-state index contributed by atoms with van der Waals surface area (Å²) in [7, 11) is 1.55. The number of fused-ring (bicyclic) bond motifs is 1. The molecule has 0 bridgehead atoms. The molecule has 1 aliphatic rings. The molecule has 0 aliphatic carbocycles. The van der Waals surface area contributed by atoms with Crippen LogP contribution in [0.15, 0.2) is 49.3 Å². The number of piperidine rings is 1. The molecule has 1 aromatic carbocycles. The van der Waals surface area contributed by atoms with Crippen LogP contribution in [-0.2, 0) is 11.3 Å². The average molecular weight is 507 g/mol. The zero-order chi connectivity index (χ0) is 25.8. The van der Waals surface area contributed by atoms with E-state index in [1.807, 2.05) is 27.8 Å². The summed E-state index contributed by atoms with van der Waals surface area (Å²) in [6.07, 6.45) is 5.95. The molecule has 2 atom stereocenters. The lowest BCUT2D eigenvalue weighted by molar-refractivity contribution is 0.0194. The van der Waals surface area contributed by atoms with E-state index in [-0.39, 0.29) is 12.6 Å². The van der Waals surface area contributed by atoms with Crippen LogP contribution in [0.3, 0.4) is 0 Å². The maximum atomic E-state index is 14.4. The van der Waals surface area contributed by atoms with Crippen LogP contribution in [0.25, 0.3) is 10.8 Å². The van der Waals surface area contributed by atoms with Gasteiger partial charge in [-0.25, -0.2) is 14.4 Å². The first-order chi connectivity index (χ1) is 18.0. The van der Waals surface area contributed by atoms with Crippen molar-refractivity contribution in [1.82, 2.24) is 29.7 Å². The van der Waals surface area contributed by atoms with E-state index >= 15 is 0 Å². The largest absolute Gasteiger partial charge is 0.491 e. The van der Waals surface area contributed by atoms with Gasteiger partial charge < -0.3 is 24.3 Å². The normalized spacial score (nSPS) is 17.9. The Labute approximate surface area is 214 Å². The molecule has 0 saturated carbocycles. The van der Waals surface area contributed by atoms with Gasteiger partial charge in [-0.15, -0.1) is 10.2 Å². The van der Waals surface area contributed by atoms with Gasteiger partial charge in [-0.05, 0) is 41.5 Å². The number of ether oxygens (including phenoxy) is 2. The second-order valence-corrected chi connectivity index (χ2v) is 9.36. The minimum atomic E-state index is -1.08. The number of aromatic nitrogens is 6. The molecular formula is C26H31FN8O2. The molecule has 4 heterocycles. The van der Waals surface area contributed by atoms with Crippen molar-refractivity contribution >= 4 is 28.4 Å². The SMILES string of the molecule is CO[C@H]1CCN(c2nccc(Nc3cc4c(C(C)C)ccc(OCCn5cnnc5)c4cn3)n2)C[C@H]1F. The first kappa shape index (κ1) is 24.8. The minimum Gasteiger partial charge on any atom is -0.491 e. The number of alkyl halides is 1. The summed E-state index contributed by atoms with van der Waals surface area (Å²) in [5.41, 5.74) is 1.20. The van der Waals surface area contributed by atoms with E-state index in [4.69, 9.17) is 9.47 Å². The molecule has 3 aromatic heterocycles. The van der Waals surface area contributed by atoms with Crippen LogP contribution in [0, 0.1) is 0 Å². The molecule has 4 aromatic rings. The first-order valence-corrected chi connectivity index (χ1v) is 12.4. The quantitative estimate of drug-likeness (QED) is 0.359. The van der Waals surface area contributed by atoms with Gasteiger partial charge in [-0.1, -0.05) is 19.9 Å². The number of rotatable bonds is 9. The van der Waals surface area contributed by atoms with Crippen LogP contribution in [0.5, 0.6) is 5.75 Å². The van der Waals surface area contributed by atoms with Crippen molar-refractivity contribution in [3.05, 3.63) is 54.9 Å². The number of methoxy groups -OCH3 is 1. The van der Waals surface area contributed by atoms with Gasteiger partial charge in [-0.2, -0.15) is 4.98 Å². The van der Waals surface area contributed by atoms with Gasteiger partial charge in [-0.3, -0.25) is 0 Å². The second-order valence-electron chi connectivity index (χ2n) is 9.36. The lowest BCUT2D eigenvalue weighted by Gasteiger charge is -2.33. The van der Waals surface area contributed by atoms with Crippen molar-refractivity contribution in [2.45, 2.75) is 45.0 Å². The zero-order valence-corrected chi connectivity index (χ0v) is 21.2. The van der Waals surface area contributed by atoms with Crippen LogP contribution < -0.4 is 15.0 Å². The van der Waals surface area contributed by atoms with Crippen LogP contribution in [0.2, 0.25) is 0 Å². The third-order valence-electron chi connectivity index (χ3n) is 6.56. The van der Waals surface area contributed by atoms with Gasteiger partial charge in [0.1, 0.15) is 42.8 Å². The first-order valence-electron chi connectivity index (χ1n) is 12.4. The summed E-state index contributed by atoms with van der Waals surface area (Å²) in [4.78, 5) is 15.4. The molecule has 1 fully saturated rings. The highest BCUT2D eigenvalue weighted by atomic mass is 19.1. The second kappa shape index (κ2) is 11.0. The predicted octanol–water partition coefficient (Wildman–Crippen LogP) is 4.13. The minimum absolute atomic E-state index is 0.202.